The molecule has 2 heterocycles. The first-order chi connectivity index (χ1) is 10.1. The van der Waals surface area contributed by atoms with E-state index in [4.69, 9.17) is 11.6 Å². The van der Waals surface area contributed by atoms with Gasteiger partial charge in [-0.15, -0.1) is 0 Å². The van der Waals surface area contributed by atoms with Crippen LogP contribution in [-0.4, -0.2) is 33.9 Å². The fourth-order valence-electron chi connectivity index (χ4n) is 2.66. The summed E-state index contributed by atoms with van der Waals surface area (Å²) in [4.78, 5) is 22.5. The van der Waals surface area contributed by atoms with Gasteiger partial charge in [0.15, 0.2) is 0 Å². The molecule has 0 bridgehead atoms. The highest BCUT2D eigenvalue weighted by atomic mass is 35.5. The molecular formula is C16H16ClN3O. The maximum Gasteiger partial charge on any atom is 0.257 e. The average Bonchev–Trinajstić information content (AvgIpc) is 2.97. The molecule has 0 spiro atoms. The number of halogens is 1. The first-order valence-electron chi connectivity index (χ1n) is 6.97. The molecule has 5 heteroatoms. The molecule has 21 heavy (non-hydrogen) atoms. The second kappa shape index (κ2) is 5.82. The number of hydrogen-bond donors (Lipinski definition) is 0. The first-order valence-corrected chi connectivity index (χ1v) is 7.34. The lowest BCUT2D eigenvalue weighted by Gasteiger charge is -2.16. The van der Waals surface area contributed by atoms with Gasteiger partial charge in [0.25, 0.3) is 5.91 Å². The molecule has 1 atom stereocenters. The fraction of sp³-hybridized carbons (Fsp3) is 0.312. The molecule has 108 valence electrons. The van der Waals surface area contributed by atoms with E-state index in [9.17, 15) is 4.79 Å². The summed E-state index contributed by atoms with van der Waals surface area (Å²) in [5.74, 6) is 1.02. The summed E-state index contributed by atoms with van der Waals surface area (Å²) in [6, 6.07) is 7.87. The fourth-order valence-corrected chi connectivity index (χ4v) is 2.86. The smallest absolute Gasteiger partial charge is 0.257 e. The Hall–Kier alpha value is -1.94. The zero-order valence-corrected chi connectivity index (χ0v) is 12.5. The van der Waals surface area contributed by atoms with Crippen molar-refractivity contribution in [1.82, 2.24) is 14.9 Å². The first kappa shape index (κ1) is 14.0. The number of nitrogens with zero attached hydrogens (tertiary/aromatic N) is 3. The number of carbonyl (C=O) groups is 1. The van der Waals surface area contributed by atoms with Gasteiger partial charge in [0.2, 0.25) is 0 Å². The molecule has 1 aromatic heterocycles. The normalized spacial score (nSPS) is 18.0. The van der Waals surface area contributed by atoms with Crippen molar-refractivity contribution in [2.45, 2.75) is 19.3 Å². The van der Waals surface area contributed by atoms with Gasteiger partial charge in [-0.25, -0.2) is 9.97 Å². The lowest BCUT2D eigenvalue weighted by Crippen LogP contribution is -2.28. The maximum atomic E-state index is 12.4. The number of hydrogen-bond acceptors (Lipinski definition) is 3. The molecule has 0 N–H and O–H groups in total. The highest BCUT2D eigenvalue weighted by Crippen LogP contribution is 2.29. The minimum atomic E-state index is -0.000437. The minimum Gasteiger partial charge on any atom is -0.338 e. The summed E-state index contributed by atoms with van der Waals surface area (Å²) in [6.45, 7) is 3.27. The number of aryl methyl sites for hydroxylation is 1. The van der Waals surface area contributed by atoms with Crippen LogP contribution < -0.4 is 0 Å². The molecule has 0 saturated carbocycles. The molecule has 1 unspecified atom stereocenters. The molecule has 1 fully saturated rings. The van der Waals surface area contributed by atoms with Gasteiger partial charge in [-0.2, -0.15) is 0 Å². The predicted octanol–water partition coefficient (Wildman–Crippen LogP) is 3.07. The molecular weight excluding hydrogens is 286 g/mol. The molecule has 1 aliphatic rings. The van der Waals surface area contributed by atoms with Crippen molar-refractivity contribution in [2.75, 3.05) is 13.1 Å². The summed E-state index contributed by atoms with van der Waals surface area (Å²) in [7, 11) is 0. The van der Waals surface area contributed by atoms with Gasteiger partial charge in [0.05, 0.1) is 5.56 Å². The van der Waals surface area contributed by atoms with E-state index < -0.39 is 0 Å². The van der Waals surface area contributed by atoms with Gasteiger partial charge in [-0.3, -0.25) is 4.79 Å². The Labute approximate surface area is 128 Å². The van der Waals surface area contributed by atoms with Crippen molar-refractivity contribution in [3.8, 4) is 0 Å². The third kappa shape index (κ3) is 3.05. The van der Waals surface area contributed by atoms with Gasteiger partial charge >= 0.3 is 0 Å². The molecule has 1 aliphatic heterocycles. The standard InChI is InChI=1S/C16H16ClN3O/c1-11-18-8-14(9-19-11)16(21)20-6-5-13(10-20)12-3-2-4-15(17)7-12/h2-4,7-9,13H,5-6,10H2,1H3. The Morgan fingerprint density at radius 3 is 2.81 bits per heavy atom. The Morgan fingerprint density at radius 2 is 2.10 bits per heavy atom. The number of rotatable bonds is 2. The highest BCUT2D eigenvalue weighted by molar-refractivity contribution is 6.30. The van der Waals surface area contributed by atoms with E-state index in [0.29, 0.717) is 23.9 Å². The summed E-state index contributed by atoms with van der Waals surface area (Å²) < 4.78 is 0. The Balaban J connectivity index is 1.72. The van der Waals surface area contributed by atoms with Crippen molar-refractivity contribution in [2.24, 2.45) is 0 Å². The van der Waals surface area contributed by atoms with Crippen molar-refractivity contribution >= 4 is 17.5 Å². The molecule has 1 amide bonds. The Morgan fingerprint density at radius 1 is 1.33 bits per heavy atom. The Bertz CT molecular complexity index is 657. The molecule has 1 aromatic carbocycles. The van der Waals surface area contributed by atoms with Gasteiger partial charge < -0.3 is 4.90 Å². The molecule has 0 radical (unpaired) electrons. The number of amides is 1. The number of aromatic nitrogens is 2. The summed E-state index contributed by atoms with van der Waals surface area (Å²) in [6.07, 6.45) is 4.15. The third-order valence-electron chi connectivity index (χ3n) is 3.82. The lowest BCUT2D eigenvalue weighted by molar-refractivity contribution is 0.0790. The van der Waals surface area contributed by atoms with Crippen LogP contribution in [-0.2, 0) is 0 Å². The number of benzene rings is 1. The van der Waals surface area contributed by atoms with Crippen LogP contribution in [0.15, 0.2) is 36.7 Å². The van der Waals surface area contributed by atoms with Gasteiger partial charge in [0, 0.05) is 36.4 Å². The number of likely N-dealkylation sites (tertiary alicyclic amines) is 1. The largest absolute Gasteiger partial charge is 0.338 e. The molecule has 0 aliphatic carbocycles. The van der Waals surface area contributed by atoms with E-state index >= 15 is 0 Å². The van der Waals surface area contributed by atoms with E-state index in [2.05, 4.69) is 16.0 Å². The zero-order chi connectivity index (χ0) is 14.8. The summed E-state index contributed by atoms with van der Waals surface area (Å²) in [5, 5.41) is 0.740. The van der Waals surface area contributed by atoms with Crippen LogP contribution in [0.2, 0.25) is 5.02 Å². The molecule has 4 nitrogen and oxygen atoms in total. The van der Waals surface area contributed by atoms with Crippen LogP contribution in [0.4, 0.5) is 0 Å². The van der Waals surface area contributed by atoms with Crippen molar-refractivity contribution in [3.63, 3.8) is 0 Å². The Kier molecular flexibility index (Phi) is 3.88. The van der Waals surface area contributed by atoms with E-state index in [1.54, 1.807) is 19.3 Å². The topological polar surface area (TPSA) is 46.1 Å². The van der Waals surface area contributed by atoms with Crippen molar-refractivity contribution in [3.05, 3.63) is 58.6 Å². The third-order valence-corrected chi connectivity index (χ3v) is 4.06. The second-order valence-electron chi connectivity index (χ2n) is 5.31. The van der Waals surface area contributed by atoms with Gasteiger partial charge in [-0.05, 0) is 31.0 Å². The minimum absolute atomic E-state index is 0.000437. The van der Waals surface area contributed by atoms with Crippen LogP contribution in [0.1, 0.15) is 34.1 Å². The maximum absolute atomic E-state index is 12.4. The van der Waals surface area contributed by atoms with Crippen molar-refractivity contribution in [1.29, 1.82) is 0 Å². The summed E-state index contributed by atoms with van der Waals surface area (Å²) in [5.41, 5.74) is 1.74. The van der Waals surface area contributed by atoms with Crippen molar-refractivity contribution < 1.29 is 4.79 Å². The van der Waals surface area contributed by atoms with E-state index in [1.165, 1.54) is 5.56 Å². The van der Waals surface area contributed by atoms with Crippen LogP contribution in [0.3, 0.4) is 0 Å². The van der Waals surface area contributed by atoms with E-state index in [1.807, 2.05) is 23.1 Å². The number of carbonyl (C=O) groups excluding carboxylic acids is 1. The van der Waals surface area contributed by atoms with E-state index in [-0.39, 0.29) is 5.91 Å². The highest BCUT2D eigenvalue weighted by Gasteiger charge is 2.28. The molecule has 3 rings (SSSR count). The zero-order valence-electron chi connectivity index (χ0n) is 11.8. The van der Waals surface area contributed by atoms with Gasteiger partial charge in [-0.1, -0.05) is 23.7 Å². The molecule has 1 saturated heterocycles. The van der Waals surface area contributed by atoms with Gasteiger partial charge in [0.1, 0.15) is 5.82 Å². The second-order valence-corrected chi connectivity index (χ2v) is 5.75. The SMILES string of the molecule is Cc1ncc(C(=O)N2CCC(c3cccc(Cl)c3)C2)cn1. The predicted molar refractivity (Wildman–Crippen MR) is 81.5 cm³/mol. The van der Waals surface area contributed by atoms with Crippen LogP contribution in [0.5, 0.6) is 0 Å². The van der Waals surface area contributed by atoms with E-state index in [0.717, 1.165) is 18.0 Å². The average molecular weight is 302 g/mol. The lowest BCUT2D eigenvalue weighted by atomic mass is 9.99. The monoisotopic (exact) mass is 301 g/mol. The van der Waals surface area contributed by atoms with Crippen LogP contribution >= 0.6 is 11.6 Å². The van der Waals surface area contributed by atoms with Crippen LogP contribution in [0.25, 0.3) is 0 Å². The summed E-state index contributed by atoms with van der Waals surface area (Å²) >= 11 is 6.04. The molecule has 2 aromatic rings. The quantitative estimate of drug-likeness (QED) is 0.856. The van der Waals surface area contributed by atoms with Crippen LogP contribution in [0, 0.1) is 6.92 Å².